The highest BCUT2D eigenvalue weighted by atomic mass is 35.5. The Balaban J connectivity index is 1.54. The molecule has 0 atom stereocenters. The molecule has 6 heteroatoms. The van der Waals surface area contributed by atoms with E-state index in [9.17, 15) is 4.79 Å². The molecule has 0 aliphatic heterocycles. The molecule has 5 nitrogen and oxygen atoms in total. The minimum atomic E-state index is -0.258. The zero-order valence-electron chi connectivity index (χ0n) is 15.8. The van der Waals surface area contributed by atoms with E-state index in [1.54, 1.807) is 24.4 Å². The molecule has 0 radical (unpaired) electrons. The Morgan fingerprint density at radius 3 is 2.29 bits per heavy atom. The van der Waals surface area contributed by atoms with Crippen molar-refractivity contribution in [3.8, 4) is 5.75 Å². The van der Waals surface area contributed by atoms with Crippen LogP contribution >= 0.6 is 11.6 Å². The van der Waals surface area contributed by atoms with E-state index in [-0.39, 0.29) is 5.91 Å². The van der Waals surface area contributed by atoms with Crippen molar-refractivity contribution in [1.29, 1.82) is 0 Å². The zero-order chi connectivity index (χ0) is 19.9. The van der Waals surface area contributed by atoms with Crippen molar-refractivity contribution < 1.29 is 9.53 Å². The molecule has 1 amide bonds. The normalized spacial score (nSPS) is 10.6. The van der Waals surface area contributed by atoms with Crippen molar-refractivity contribution in [2.75, 3.05) is 10.6 Å². The van der Waals surface area contributed by atoms with Gasteiger partial charge in [-0.25, -0.2) is 4.98 Å². The molecule has 2 N–H and O–H groups in total. The summed E-state index contributed by atoms with van der Waals surface area (Å²) in [5.41, 5.74) is 2.95. The second-order valence-electron chi connectivity index (χ2n) is 6.62. The lowest BCUT2D eigenvalue weighted by molar-refractivity contribution is 0.102. The van der Waals surface area contributed by atoms with Crippen molar-refractivity contribution in [3.63, 3.8) is 0 Å². The molecule has 0 saturated carbocycles. The van der Waals surface area contributed by atoms with Crippen LogP contribution in [0.4, 0.5) is 11.4 Å². The minimum Gasteiger partial charge on any atom is -0.489 e. The minimum absolute atomic E-state index is 0.258. The summed E-state index contributed by atoms with van der Waals surface area (Å²) in [6, 6.07) is 18.6. The van der Waals surface area contributed by atoms with E-state index < -0.39 is 0 Å². The summed E-state index contributed by atoms with van der Waals surface area (Å²) in [6.07, 6.45) is 1.66. The molecular weight excluding hydrogens is 374 g/mol. The molecule has 0 saturated heterocycles. The van der Waals surface area contributed by atoms with Crippen LogP contribution in [0.2, 0.25) is 5.02 Å². The number of nitrogens with one attached hydrogen (secondary N) is 2. The Labute approximate surface area is 169 Å². The number of nitrogens with zero attached hydrogens (tertiary/aromatic N) is 1. The van der Waals surface area contributed by atoms with Gasteiger partial charge < -0.3 is 15.4 Å². The third kappa shape index (κ3) is 5.72. The van der Waals surface area contributed by atoms with Crippen molar-refractivity contribution >= 4 is 28.9 Å². The third-order valence-electron chi connectivity index (χ3n) is 3.88. The molecule has 28 heavy (non-hydrogen) atoms. The maximum Gasteiger partial charge on any atom is 0.274 e. The second kappa shape index (κ2) is 9.24. The van der Waals surface area contributed by atoms with Gasteiger partial charge >= 0.3 is 0 Å². The number of hydrogen-bond donors (Lipinski definition) is 2. The van der Waals surface area contributed by atoms with E-state index in [1.165, 1.54) is 0 Å². The molecule has 0 fully saturated rings. The molecule has 0 bridgehead atoms. The van der Waals surface area contributed by atoms with Gasteiger partial charge in [-0.05, 0) is 67.9 Å². The summed E-state index contributed by atoms with van der Waals surface area (Å²) in [7, 11) is 0. The first-order valence-corrected chi connectivity index (χ1v) is 9.38. The molecule has 1 heterocycles. The SMILES string of the molecule is CC(C)Nc1ccc(C(=O)Nc2ccc(OCc3ccc(Cl)cc3)cc2)nc1. The van der Waals surface area contributed by atoms with Crippen molar-refractivity contribution in [3.05, 3.63) is 83.1 Å². The number of benzene rings is 2. The maximum absolute atomic E-state index is 12.3. The van der Waals surface area contributed by atoms with E-state index in [4.69, 9.17) is 16.3 Å². The number of rotatable bonds is 7. The summed E-state index contributed by atoms with van der Waals surface area (Å²) < 4.78 is 5.75. The number of hydrogen-bond acceptors (Lipinski definition) is 4. The summed E-state index contributed by atoms with van der Waals surface area (Å²) in [5, 5.41) is 6.77. The Morgan fingerprint density at radius 1 is 1.00 bits per heavy atom. The van der Waals surface area contributed by atoms with Gasteiger partial charge in [0.05, 0.1) is 11.9 Å². The Hall–Kier alpha value is -3.05. The Morgan fingerprint density at radius 2 is 1.68 bits per heavy atom. The van der Waals surface area contributed by atoms with Crippen LogP contribution < -0.4 is 15.4 Å². The van der Waals surface area contributed by atoms with E-state index in [0.717, 1.165) is 17.0 Å². The van der Waals surface area contributed by atoms with Gasteiger partial charge in [-0.2, -0.15) is 0 Å². The molecule has 0 aliphatic rings. The summed E-state index contributed by atoms with van der Waals surface area (Å²) in [4.78, 5) is 16.5. The fourth-order valence-electron chi connectivity index (χ4n) is 2.52. The highest BCUT2D eigenvalue weighted by Gasteiger charge is 2.08. The molecule has 1 aromatic heterocycles. The third-order valence-corrected chi connectivity index (χ3v) is 4.13. The van der Waals surface area contributed by atoms with Gasteiger partial charge in [0.25, 0.3) is 5.91 Å². The first-order valence-electron chi connectivity index (χ1n) is 9.01. The molecule has 0 aliphatic carbocycles. The lowest BCUT2D eigenvalue weighted by atomic mass is 10.2. The average molecular weight is 396 g/mol. The fourth-order valence-corrected chi connectivity index (χ4v) is 2.65. The summed E-state index contributed by atoms with van der Waals surface area (Å²) >= 11 is 5.88. The Kier molecular flexibility index (Phi) is 6.50. The van der Waals surface area contributed by atoms with Gasteiger partial charge in [-0.15, -0.1) is 0 Å². The number of halogens is 1. The Bertz CT molecular complexity index is 908. The van der Waals surface area contributed by atoms with Crippen molar-refractivity contribution in [1.82, 2.24) is 4.98 Å². The van der Waals surface area contributed by atoms with Crippen LogP contribution in [-0.2, 0) is 6.61 Å². The van der Waals surface area contributed by atoms with Gasteiger partial charge in [0.1, 0.15) is 18.1 Å². The van der Waals surface area contributed by atoms with E-state index in [2.05, 4.69) is 15.6 Å². The summed E-state index contributed by atoms with van der Waals surface area (Å²) in [5.74, 6) is 0.459. The number of carbonyl (C=O) groups excluding carboxylic acids is 1. The smallest absolute Gasteiger partial charge is 0.274 e. The van der Waals surface area contributed by atoms with Crippen LogP contribution in [-0.4, -0.2) is 16.9 Å². The van der Waals surface area contributed by atoms with Gasteiger partial charge in [0.2, 0.25) is 0 Å². The van der Waals surface area contributed by atoms with Crippen molar-refractivity contribution in [2.45, 2.75) is 26.5 Å². The summed E-state index contributed by atoms with van der Waals surface area (Å²) in [6.45, 7) is 4.54. The monoisotopic (exact) mass is 395 g/mol. The number of pyridine rings is 1. The van der Waals surface area contributed by atoms with Crippen molar-refractivity contribution in [2.24, 2.45) is 0 Å². The fraction of sp³-hybridized carbons (Fsp3) is 0.182. The molecule has 3 rings (SSSR count). The highest BCUT2D eigenvalue weighted by molar-refractivity contribution is 6.30. The number of aromatic nitrogens is 1. The molecular formula is C22H22ClN3O2. The van der Waals surface area contributed by atoms with E-state index in [1.807, 2.05) is 56.3 Å². The number of anilines is 2. The number of ether oxygens (including phenoxy) is 1. The van der Waals surface area contributed by atoms with Crippen LogP contribution in [0.25, 0.3) is 0 Å². The lowest BCUT2D eigenvalue weighted by Gasteiger charge is -2.10. The van der Waals surface area contributed by atoms with Gasteiger partial charge in [-0.1, -0.05) is 23.7 Å². The average Bonchev–Trinajstić information content (AvgIpc) is 2.69. The van der Waals surface area contributed by atoms with Gasteiger partial charge in [0, 0.05) is 16.8 Å². The predicted molar refractivity (Wildman–Crippen MR) is 113 cm³/mol. The molecule has 144 valence electrons. The van der Waals surface area contributed by atoms with Crippen LogP contribution in [0.5, 0.6) is 5.75 Å². The number of carbonyl (C=O) groups is 1. The quantitative estimate of drug-likeness (QED) is 0.563. The number of amides is 1. The molecule has 2 aromatic carbocycles. The maximum atomic E-state index is 12.3. The molecule has 3 aromatic rings. The topological polar surface area (TPSA) is 63.2 Å². The van der Waals surface area contributed by atoms with Crippen LogP contribution in [0, 0.1) is 0 Å². The van der Waals surface area contributed by atoms with Crippen LogP contribution in [0.15, 0.2) is 66.9 Å². The van der Waals surface area contributed by atoms with Crippen LogP contribution in [0.3, 0.4) is 0 Å². The molecule has 0 unspecified atom stereocenters. The predicted octanol–water partition coefficient (Wildman–Crippen LogP) is 5.39. The molecule has 0 spiro atoms. The lowest BCUT2D eigenvalue weighted by Crippen LogP contribution is -2.14. The zero-order valence-corrected chi connectivity index (χ0v) is 16.5. The van der Waals surface area contributed by atoms with E-state index >= 15 is 0 Å². The van der Waals surface area contributed by atoms with Crippen LogP contribution in [0.1, 0.15) is 29.9 Å². The first kappa shape index (κ1) is 19.7. The van der Waals surface area contributed by atoms with Gasteiger partial charge in [0.15, 0.2) is 0 Å². The largest absolute Gasteiger partial charge is 0.489 e. The second-order valence-corrected chi connectivity index (χ2v) is 7.06. The highest BCUT2D eigenvalue weighted by Crippen LogP contribution is 2.18. The van der Waals surface area contributed by atoms with E-state index in [0.29, 0.717) is 29.1 Å². The first-order chi connectivity index (χ1) is 13.5. The standard InChI is InChI=1S/C22H22ClN3O2/c1-15(2)25-19-9-12-21(24-13-19)22(27)26-18-7-10-20(11-8-18)28-14-16-3-5-17(23)6-4-16/h3-13,15,25H,14H2,1-2H3,(H,26,27). The van der Waals surface area contributed by atoms with Gasteiger partial charge in [-0.3, -0.25) is 4.79 Å².